The first kappa shape index (κ1) is 21.8. The smallest absolute Gasteiger partial charge is 0.335 e. The minimum atomic E-state index is -0.744. The first-order valence-corrected chi connectivity index (χ1v) is 11.2. The van der Waals surface area contributed by atoms with Gasteiger partial charge in [-0.2, -0.15) is 5.10 Å². The molecule has 0 bridgehead atoms. The summed E-state index contributed by atoms with van der Waals surface area (Å²) in [4.78, 5) is 41.3. The number of nitrogens with one attached hydrogen (secondary N) is 1. The number of nitrogens with zero attached hydrogens (tertiary/aromatic N) is 3. The number of hydrazone groups is 1. The van der Waals surface area contributed by atoms with Crippen molar-refractivity contribution in [1.82, 2.24) is 14.6 Å². The molecule has 0 fully saturated rings. The van der Waals surface area contributed by atoms with Crippen LogP contribution in [0.5, 0.6) is 5.88 Å². The summed E-state index contributed by atoms with van der Waals surface area (Å²) in [6.45, 7) is 7.48. The van der Waals surface area contributed by atoms with Gasteiger partial charge in [-0.15, -0.1) is 11.3 Å². The Balaban J connectivity index is 1.88. The van der Waals surface area contributed by atoms with Crippen LogP contribution in [0.15, 0.2) is 44.3 Å². The van der Waals surface area contributed by atoms with Crippen molar-refractivity contribution in [1.29, 1.82) is 0 Å². The lowest BCUT2D eigenvalue weighted by Crippen LogP contribution is -2.33. The lowest BCUT2D eigenvalue weighted by atomic mass is 10.0. The molecule has 0 aliphatic carbocycles. The number of aromatic amines is 1. The number of H-pyrrole nitrogens is 1. The summed E-state index contributed by atoms with van der Waals surface area (Å²) in [5, 5.41) is 18.8. The predicted molar refractivity (Wildman–Crippen MR) is 124 cm³/mol. The molecule has 1 aromatic carbocycles. The number of hydrogen-bond acceptors (Lipinski definition) is 6. The first-order chi connectivity index (χ1) is 15.2. The number of rotatable bonds is 4. The molecule has 0 saturated heterocycles. The van der Waals surface area contributed by atoms with E-state index in [9.17, 15) is 19.5 Å². The van der Waals surface area contributed by atoms with E-state index < -0.39 is 17.1 Å². The average Bonchev–Trinajstić information content (AvgIpc) is 3.32. The minimum Gasteiger partial charge on any atom is -0.493 e. The van der Waals surface area contributed by atoms with Gasteiger partial charge in [0, 0.05) is 17.7 Å². The van der Waals surface area contributed by atoms with Crippen molar-refractivity contribution in [2.24, 2.45) is 5.10 Å². The summed E-state index contributed by atoms with van der Waals surface area (Å²) >= 11 is 1.52. The zero-order valence-corrected chi connectivity index (χ0v) is 19.1. The van der Waals surface area contributed by atoms with Gasteiger partial charge in [0.25, 0.3) is 5.56 Å². The second kappa shape index (κ2) is 8.23. The SMILES string of the molecule is CCC(=O)N1N=C(c2c(O)n(-c3cc(C)cc(C)c3)c(=O)[nH]c2=O)C[C@H]1c1sccc1C. The maximum absolute atomic E-state index is 12.8. The number of aromatic hydroxyl groups is 1. The van der Waals surface area contributed by atoms with Crippen LogP contribution in [0, 0.1) is 20.8 Å². The fourth-order valence-corrected chi connectivity index (χ4v) is 5.10. The molecule has 0 radical (unpaired) electrons. The second-order valence-corrected chi connectivity index (χ2v) is 8.91. The van der Waals surface area contributed by atoms with Crippen LogP contribution >= 0.6 is 11.3 Å². The molecule has 2 aromatic heterocycles. The van der Waals surface area contributed by atoms with E-state index in [0.717, 1.165) is 26.1 Å². The van der Waals surface area contributed by atoms with E-state index in [1.165, 1.54) is 16.3 Å². The Morgan fingerprint density at radius 3 is 2.50 bits per heavy atom. The number of hydrogen-bond donors (Lipinski definition) is 2. The van der Waals surface area contributed by atoms with Crippen LogP contribution in [0.4, 0.5) is 0 Å². The van der Waals surface area contributed by atoms with Crippen molar-refractivity contribution in [3.63, 3.8) is 0 Å². The molecule has 1 amide bonds. The average molecular weight is 453 g/mol. The Morgan fingerprint density at radius 1 is 1.22 bits per heavy atom. The van der Waals surface area contributed by atoms with Crippen LogP contribution in [0.3, 0.4) is 0 Å². The second-order valence-electron chi connectivity index (χ2n) is 7.97. The van der Waals surface area contributed by atoms with E-state index in [0.29, 0.717) is 5.69 Å². The van der Waals surface area contributed by atoms with Crippen LogP contribution in [0.1, 0.15) is 52.9 Å². The molecule has 0 spiro atoms. The lowest BCUT2D eigenvalue weighted by molar-refractivity contribution is -0.132. The quantitative estimate of drug-likeness (QED) is 0.633. The minimum absolute atomic E-state index is 0.102. The molecule has 3 heterocycles. The maximum Gasteiger partial charge on any atom is 0.335 e. The zero-order valence-electron chi connectivity index (χ0n) is 18.3. The Hall–Kier alpha value is -3.46. The van der Waals surface area contributed by atoms with E-state index in [1.54, 1.807) is 19.1 Å². The highest BCUT2D eigenvalue weighted by Crippen LogP contribution is 2.38. The van der Waals surface area contributed by atoms with Crippen molar-refractivity contribution in [3.05, 3.63) is 77.6 Å². The first-order valence-electron chi connectivity index (χ1n) is 10.3. The topological polar surface area (TPSA) is 108 Å². The van der Waals surface area contributed by atoms with Gasteiger partial charge in [0.1, 0.15) is 5.56 Å². The molecule has 1 aliphatic rings. The fourth-order valence-electron chi connectivity index (χ4n) is 4.09. The van der Waals surface area contributed by atoms with E-state index in [4.69, 9.17) is 0 Å². The Kier molecular flexibility index (Phi) is 5.60. The van der Waals surface area contributed by atoms with Crippen molar-refractivity contribution in [2.45, 2.75) is 46.6 Å². The molecular weight excluding hydrogens is 428 g/mol. The predicted octanol–water partition coefficient (Wildman–Crippen LogP) is 3.31. The summed E-state index contributed by atoms with van der Waals surface area (Å²) < 4.78 is 1.06. The van der Waals surface area contributed by atoms with Crippen LogP contribution in [0.2, 0.25) is 0 Å². The molecule has 1 aliphatic heterocycles. The number of carbonyl (C=O) groups excluding carboxylic acids is 1. The van der Waals surface area contributed by atoms with Crippen molar-refractivity contribution < 1.29 is 9.90 Å². The third kappa shape index (κ3) is 3.69. The van der Waals surface area contributed by atoms with Gasteiger partial charge in [-0.25, -0.2) is 14.4 Å². The van der Waals surface area contributed by atoms with E-state index in [1.807, 2.05) is 38.3 Å². The van der Waals surface area contributed by atoms with E-state index >= 15 is 0 Å². The van der Waals surface area contributed by atoms with Crippen molar-refractivity contribution in [2.75, 3.05) is 0 Å². The fraction of sp³-hybridized carbons (Fsp3) is 0.304. The van der Waals surface area contributed by atoms with Gasteiger partial charge >= 0.3 is 5.69 Å². The van der Waals surface area contributed by atoms with Crippen molar-refractivity contribution in [3.8, 4) is 11.6 Å². The zero-order chi connectivity index (χ0) is 23.2. The molecule has 1 atom stereocenters. The highest BCUT2D eigenvalue weighted by molar-refractivity contribution is 7.10. The molecular formula is C23H24N4O4S. The summed E-state index contributed by atoms with van der Waals surface area (Å²) in [7, 11) is 0. The van der Waals surface area contributed by atoms with Crippen LogP contribution in [0.25, 0.3) is 5.69 Å². The summed E-state index contributed by atoms with van der Waals surface area (Å²) in [6, 6.07) is 7.05. The lowest BCUT2D eigenvalue weighted by Gasteiger charge is -2.20. The van der Waals surface area contributed by atoms with Crippen molar-refractivity contribution >= 4 is 23.0 Å². The molecule has 0 saturated carbocycles. The third-order valence-electron chi connectivity index (χ3n) is 5.51. The monoisotopic (exact) mass is 452 g/mol. The molecule has 8 nitrogen and oxygen atoms in total. The molecule has 3 aromatic rings. The third-order valence-corrected chi connectivity index (χ3v) is 6.63. The van der Waals surface area contributed by atoms with Crippen LogP contribution in [-0.2, 0) is 4.79 Å². The Morgan fingerprint density at radius 2 is 1.91 bits per heavy atom. The number of amides is 1. The molecule has 166 valence electrons. The molecule has 32 heavy (non-hydrogen) atoms. The Labute approximate surface area is 188 Å². The van der Waals surface area contributed by atoms with Gasteiger partial charge in [0.2, 0.25) is 11.8 Å². The van der Waals surface area contributed by atoms with Gasteiger partial charge in [-0.3, -0.25) is 14.6 Å². The van der Waals surface area contributed by atoms with Gasteiger partial charge in [-0.1, -0.05) is 13.0 Å². The Bertz CT molecular complexity index is 1340. The standard InChI is InChI=1S/C23H24N4O4S/c1-5-18(28)27-17(20-14(4)6-7-32-20)11-16(25-27)19-21(29)24-23(31)26(22(19)30)15-9-12(2)8-13(3)10-15/h6-10,17,30H,5,11H2,1-4H3,(H,24,29,31)/t17-/m0/s1. The highest BCUT2D eigenvalue weighted by Gasteiger charge is 2.36. The molecule has 4 rings (SSSR count). The summed E-state index contributed by atoms with van der Waals surface area (Å²) in [5.41, 5.74) is 1.97. The number of aryl methyl sites for hydroxylation is 3. The number of carbonyl (C=O) groups is 1. The number of benzene rings is 1. The van der Waals surface area contributed by atoms with Gasteiger partial charge in [0.15, 0.2) is 0 Å². The van der Waals surface area contributed by atoms with Gasteiger partial charge < -0.3 is 5.11 Å². The molecule has 2 N–H and O–H groups in total. The normalized spacial score (nSPS) is 15.8. The van der Waals surface area contributed by atoms with Crippen LogP contribution < -0.4 is 11.2 Å². The molecule has 0 unspecified atom stereocenters. The van der Waals surface area contributed by atoms with E-state index in [-0.39, 0.29) is 36.1 Å². The van der Waals surface area contributed by atoms with Gasteiger partial charge in [-0.05, 0) is 61.0 Å². The highest BCUT2D eigenvalue weighted by atomic mass is 32.1. The number of thiophene rings is 1. The largest absolute Gasteiger partial charge is 0.493 e. The summed E-state index contributed by atoms with van der Waals surface area (Å²) in [5.74, 6) is -0.675. The number of aromatic nitrogens is 2. The van der Waals surface area contributed by atoms with E-state index in [2.05, 4.69) is 10.1 Å². The maximum atomic E-state index is 12.8. The van der Waals surface area contributed by atoms with Gasteiger partial charge in [0.05, 0.1) is 17.4 Å². The summed E-state index contributed by atoms with van der Waals surface area (Å²) in [6.07, 6.45) is 0.511. The van der Waals surface area contributed by atoms with Crippen LogP contribution in [-0.4, -0.2) is 31.3 Å². The molecule has 9 heteroatoms.